The molecule has 9 heteroatoms. The average molecular weight is 448 g/mol. The van der Waals surface area contributed by atoms with E-state index in [-0.39, 0.29) is 22.0 Å². The van der Waals surface area contributed by atoms with E-state index in [9.17, 15) is 18.0 Å². The summed E-state index contributed by atoms with van der Waals surface area (Å²) in [6.07, 6.45) is 0.896. The van der Waals surface area contributed by atoms with E-state index in [2.05, 4.69) is 5.32 Å². The van der Waals surface area contributed by atoms with Gasteiger partial charge in [-0.2, -0.15) is 4.31 Å². The third-order valence-electron chi connectivity index (χ3n) is 4.91. The Hall–Kier alpha value is -2.36. The first-order valence-electron chi connectivity index (χ1n) is 9.63. The molecule has 0 unspecified atom stereocenters. The molecule has 3 rings (SSSR count). The first-order chi connectivity index (χ1) is 14.3. The summed E-state index contributed by atoms with van der Waals surface area (Å²) in [5.74, 6) is -0.438. The van der Waals surface area contributed by atoms with E-state index in [1.807, 2.05) is 6.07 Å². The van der Waals surface area contributed by atoms with Crippen molar-refractivity contribution in [1.29, 1.82) is 0 Å². The summed E-state index contributed by atoms with van der Waals surface area (Å²) < 4.78 is 26.9. The van der Waals surface area contributed by atoms with Crippen molar-refractivity contribution in [3.8, 4) is 0 Å². The fraction of sp³-hybridized carbons (Fsp3) is 0.333. The molecule has 1 saturated heterocycles. The van der Waals surface area contributed by atoms with Crippen LogP contribution in [-0.4, -0.2) is 56.0 Å². The lowest BCUT2D eigenvalue weighted by Gasteiger charge is -2.30. The maximum Gasteiger partial charge on any atom is 0.286 e. The topological polar surface area (TPSA) is 86.8 Å². The number of para-hydroxylation sites is 1. The minimum Gasteiger partial charge on any atom is -0.339 e. The van der Waals surface area contributed by atoms with Crippen LogP contribution in [0.1, 0.15) is 12.8 Å². The summed E-state index contributed by atoms with van der Waals surface area (Å²) >= 11 is 1.05. The minimum atomic E-state index is -3.54. The molecule has 0 spiro atoms. The number of hydrogen-bond acceptors (Lipinski definition) is 5. The van der Waals surface area contributed by atoms with E-state index in [4.69, 9.17) is 0 Å². The number of nitrogens with zero attached hydrogens (tertiary/aromatic N) is 2. The van der Waals surface area contributed by atoms with Crippen molar-refractivity contribution in [3.05, 3.63) is 54.6 Å². The van der Waals surface area contributed by atoms with E-state index in [0.29, 0.717) is 36.5 Å². The number of anilines is 1. The van der Waals surface area contributed by atoms with Crippen LogP contribution < -0.4 is 5.32 Å². The molecular weight excluding hydrogens is 422 g/mol. The van der Waals surface area contributed by atoms with Crippen LogP contribution in [0.15, 0.2) is 64.4 Å². The molecule has 0 bridgehead atoms. The predicted octanol–water partition coefficient (Wildman–Crippen LogP) is 3.50. The lowest BCUT2D eigenvalue weighted by atomic mass is 9.97. The van der Waals surface area contributed by atoms with Crippen LogP contribution in [0.3, 0.4) is 0 Å². The molecule has 160 valence electrons. The van der Waals surface area contributed by atoms with Gasteiger partial charge in [0, 0.05) is 38.0 Å². The van der Waals surface area contributed by atoms with Gasteiger partial charge < -0.3 is 10.2 Å². The number of benzene rings is 2. The molecule has 2 aromatic carbocycles. The van der Waals surface area contributed by atoms with E-state index in [1.165, 1.54) is 9.21 Å². The van der Waals surface area contributed by atoms with E-state index in [0.717, 1.165) is 11.8 Å². The first-order valence-corrected chi connectivity index (χ1v) is 11.9. The molecule has 1 aliphatic heterocycles. The molecule has 0 saturated carbocycles. The fourth-order valence-corrected chi connectivity index (χ4v) is 5.42. The summed E-state index contributed by atoms with van der Waals surface area (Å²) in [7, 11) is -0.193. The Labute approximate surface area is 181 Å². The second kappa shape index (κ2) is 9.63. The quantitative estimate of drug-likeness (QED) is 0.709. The monoisotopic (exact) mass is 447 g/mol. The largest absolute Gasteiger partial charge is 0.339 e. The number of sulfonamides is 1. The van der Waals surface area contributed by atoms with Crippen LogP contribution in [0.5, 0.6) is 0 Å². The summed E-state index contributed by atoms with van der Waals surface area (Å²) in [6, 6.07) is 15.5. The van der Waals surface area contributed by atoms with Crippen molar-refractivity contribution >= 4 is 38.6 Å². The van der Waals surface area contributed by atoms with Gasteiger partial charge in [-0.3, -0.25) is 9.59 Å². The second-order valence-electron chi connectivity index (χ2n) is 7.24. The van der Waals surface area contributed by atoms with Gasteiger partial charge in [0.2, 0.25) is 15.9 Å². The minimum absolute atomic E-state index is 0.129. The highest BCUT2D eigenvalue weighted by Gasteiger charge is 2.32. The van der Waals surface area contributed by atoms with Crippen LogP contribution in [0.25, 0.3) is 0 Å². The lowest BCUT2D eigenvalue weighted by Crippen LogP contribution is -2.41. The van der Waals surface area contributed by atoms with Crippen molar-refractivity contribution < 1.29 is 18.0 Å². The molecule has 1 fully saturated rings. The number of piperidine rings is 1. The molecule has 2 amide bonds. The maximum atomic E-state index is 12.8. The number of thioether (sulfide) groups is 1. The molecule has 30 heavy (non-hydrogen) atoms. The Balaban J connectivity index is 1.62. The number of hydrogen-bond donors (Lipinski definition) is 1. The van der Waals surface area contributed by atoms with Gasteiger partial charge in [-0.25, -0.2) is 8.42 Å². The molecule has 0 radical (unpaired) electrons. The van der Waals surface area contributed by atoms with Crippen LogP contribution in [0, 0.1) is 5.92 Å². The zero-order valence-electron chi connectivity index (χ0n) is 16.9. The van der Waals surface area contributed by atoms with E-state index in [1.54, 1.807) is 62.6 Å². The van der Waals surface area contributed by atoms with Gasteiger partial charge in [0.15, 0.2) is 0 Å². The summed E-state index contributed by atoms with van der Waals surface area (Å²) in [6.45, 7) is 0.593. The number of rotatable bonds is 5. The maximum absolute atomic E-state index is 12.8. The summed E-state index contributed by atoms with van der Waals surface area (Å²) in [5.41, 5.74) is 0.585. The third-order valence-corrected chi connectivity index (χ3v) is 7.94. The van der Waals surface area contributed by atoms with Crippen molar-refractivity contribution in [2.75, 3.05) is 32.5 Å². The summed E-state index contributed by atoms with van der Waals surface area (Å²) in [4.78, 5) is 27.2. The van der Waals surface area contributed by atoms with Gasteiger partial charge in [-0.05, 0) is 48.9 Å². The lowest BCUT2D eigenvalue weighted by molar-refractivity contribution is -0.120. The molecule has 0 atom stereocenters. The normalized spacial score (nSPS) is 15.5. The average Bonchev–Trinajstić information content (AvgIpc) is 2.75. The zero-order valence-corrected chi connectivity index (χ0v) is 18.6. The third kappa shape index (κ3) is 5.21. The SMILES string of the molecule is CN(C)C(=O)Sc1ccccc1NC(=O)C1CCN(S(=O)(=O)c2ccccc2)CC1. The van der Waals surface area contributed by atoms with Crippen molar-refractivity contribution in [2.24, 2.45) is 5.92 Å². The standard InChI is InChI=1S/C21H25N3O4S2/c1-23(2)21(26)29-19-11-7-6-10-18(19)22-20(25)16-12-14-24(15-13-16)30(27,28)17-8-4-3-5-9-17/h3-11,16H,12-15H2,1-2H3,(H,22,25). The number of carbonyl (C=O) groups excluding carboxylic acids is 2. The highest BCUT2D eigenvalue weighted by atomic mass is 32.2. The van der Waals surface area contributed by atoms with Gasteiger partial charge in [0.1, 0.15) is 0 Å². The van der Waals surface area contributed by atoms with Crippen molar-refractivity contribution in [1.82, 2.24) is 9.21 Å². The highest BCUT2D eigenvalue weighted by molar-refractivity contribution is 8.13. The van der Waals surface area contributed by atoms with Crippen molar-refractivity contribution in [2.45, 2.75) is 22.6 Å². The Kier molecular flexibility index (Phi) is 7.17. The van der Waals surface area contributed by atoms with E-state index < -0.39 is 10.0 Å². The van der Waals surface area contributed by atoms with Crippen LogP contribution in [0.4, 0.5) is 10.5 Å². The molecule has 1 aliphatic rings. The number of nitrogens with one attached hydrogen (secondary N) is 1. The highest BCUT2D eigenvalue weighted by Crippen LogP contribution is 2.30. The molecule has 0 aromatic heterocycles. The first kappa shape index (κ1) is 22.3. The van der Waals surface area contributed by atoms with Gasteiger partial charge in [0.05, 0.1) is 10.6 Å². The fourth-order valence-electron chi connectivity index (χ4n) is 3.18. The van der Waals surface area contributed by atoms with Gasteiger partial charge in [-0.1, -0.05) is 30.3 Å². The number of amides is 2. The predicted molar refractivity (Wildman–Crippen MR) is 118 cm³/mol. The van der Waals surface area contributed by atoms with Crippen LogP contribution >= 0.6 is 11.8 Å². The van der Waals surface area contributed by atoms with E-state index >= 15 is 0 Å². The number of carbonyl (C=O) groups is 2. The molecule has 2 aromatic rings. The zero-order chi connectivity index (χ0) is 21.7. The Bertz CT molecular complexity index is 1000. The van der Waals surface area contributed by atoms with Gasteiger partial charge in [-0.15, -0.1) is 0 Å². The molecule has 0 aliphatic carbocycles. The van der Waals surface area contributed by atoms with Crippen LogP contribution in [0.2, 0.25) is 0 Å². The Morgan fingerprint density at radius 2 is 1.60 bits per heavy atom. The van der Waals surface area contributed by atoms with Gasteiger partial charge in [0.25, 0.3) is 5.24 Å². The summed E-state index contributed by atoms with van der Waals surface area (Å²) in [5, 5.41) is 2.78. The van der Waals surface area contributed by atoms with Crippen molar-refractivity contribution in [3.63, 3.8) is 0 Å². The molecule has 7 nitrogen and oxygen atoms in total. The van der Waals surface area contributed by atoms with Crippen LogP contribution in [-0.2, 0) is 14.8 Å². The molecule has 1 heterocycles. The van der Waals surface area contributed by atoms with Gasteiger partial charge >= 0.3 is 0 Å². The molecular formula is C21H25N3O4S2. The Morgan fingerprint density at radius 3 is 2.23 bits per heavy atom. The smallest absolute Gasteiger partial charge is 0.286 e. The molecule has 1 N–H and O–H groups in total. The Morgan fingerprint density at radius 1 is 1.00 bits per heavy atom. The second-order valence-corrected chi connectivity index (χ2v) is 10.2.